The molecule has 5 nitrogen and oxygen atoms in total. The molecule has 1 N–H and O–H groups in total. The zero-order valence-electron chi connectivity index (χ0n) is 14.6. The van der Waals surface area contributed by atoms with Gasteiger partial charge in [-0.15, -0.1) is 0 Å². The summed E-state index contributed by atoms with van der Waals surface area (Å²) in [5, 5.41) is 3.09. The van der Waals surface area contributed by atoms with E-state index in [2.05, 4.69) is 10.3 Å². The number of carbonyl (C=O) groups is 1. The third-order valence-corrected chi connectivity index (χ3v) is 5.24. The topological polar surface area (TPSA) is 60.5 Å². The molecule has 0 saturated heterocycles. The first-order valence-corrected chi connectivity index (χ1v) is 8.97. The van der Waals surface area contributed by atoms with E-state index in [1.165, 1.54) is 0 Å². The number of anilines is 1. The lowest BCUT2D eigenvalue weighted by Crippen LogP contribution is -2.27. The predicted molar refractivity (Wildman–Crippen MR) is 104 cm³/mol. The smallest absolute Gasteiger partial charge is 0.235 e. The van der Waals surface area contributed by atoms with Gasteiger partial charge in [-0.3, -0.25) is 9.78 Å². The molecule has 1 saturated carbocycles. The molecule has 1 fully saturated rings. The first-order chi connectivity index (χ1) is 13.2. The second-order valence-electron chi connectivity index (χ2n) is 6.92. The number of fused-ring (bicyclic) bond motifs is 1. The van der Waals surface area contributed by atoms with Gasteiger partial charge in [-0.25, -0.2) is 0 Å². The molecule has 2 aromatic carbocycles. The molecule has 1 aliphatic carbocycles. The molecule has 0 radical (unpaired) electrons. The number of pyridine rings is 1. The molecule has 2 aliphatic rings. The van der Waals surface area contributed by atoms with E-state index in [1.807, 2.05) is 54.6 Å². The van der Waals surface area contributed by atoms with Crippen molar-refractivity contribution in [3.8, 4) is 22.6 Å². The van der Waals surface area contributed by atoms with E-state index in [0.717, 1.165) is 41.0 Å². The third kappa shape index (κ3) is 2.81. The summed E-state index contributed by atoms with van der Waals surface area (Å²) >= 11 is 0. The highest BCUT2D eigenvalue weighted by atomic mass is 16.7. The highest BCUT2D eigenvalue weighted by Crippen LogP contribution is 2.51. The van der Waals surface area contributed by atoms with E-state index in [1.54, 1.807) is 12.4 Å². The third-order valence-electron chi connectivity index (χ3n) is 5.24. The Bertz CT molecular complexity index is 1020. The fourth-order valence-corrected chi connectivity index (χ4v) is 3.54. The Hall–Kier alpha value is -3.34. The second-order valence-corrected chi connectivity index (χ2v) is 6.92. The Morgan fingerprint density at radius 2 is 1.78 bits per heavy atom. The zero-order chi connectivity index (χ0) is 18.3. The van der Waals surface area contributed by atoms with Crippen LogP contribution < -0.4 is 14.8 Å². The zero-order valence-corrected chi connectivity index (χ0v) is 14.6. The van der Waals surface area contributed by atoms with Gasteiger partial charge in [0.2, 0.25) is 12.7 Å². The largest absolute Gasteiger partial charge is 0.454 e. The summed E-state index contributed by atoms with van der Waals surface area (Å²) in [5.74, 6) is 1.47. The summed E-state index contributed by atoms with van der Waals surface area (Å²) in [6.07, 6.45) is 5.20. The van der Waals surface area contributed by atoms with Crippen molar-refractivity contribution in [2.75, 3.05) is 12.1 Å². The molecule has 27 heavy (non-hydrogen) atoms. The predicted octanol–water partition coefficient (Wildman–Crippen LogP) is 4.39. The van der Waals surface area contributed by atoms with Crippen LogP contribution in [-0.4, -0.2) is 17.7 Å². The lowest BCUT2D eigenvalue weighted by atomic mass is 9.94. The molecule has 0 bridgehead atoms. The van der Waals surface area contributed by atoms with Gasteiger partial charge >= 0.3 is 0 Å². The minimum Gasteiger partial charge on any atom is -0.454 e. The summed E-state index contributed by atoms with van der Waals surface area (Å²) in [4.78, 5) is 17.1. The molecular weight excluding hydrogens is 340 g/mol. The second kappa shape index (κ2) is 6.13. The first-order valence-electron chi connectivity index (χ1n) is 8.97. The maximum Gasteiger partial charge on any atom is 0.235 e. The van der Waals surface area contributed by atoms with Gasteiger partial charge in [-0.2, -0.15) is 0 Å². The highest BCUT2D eigenvalue weighted by Gasteiger charge is 2.51. The van der Waals surface area contributed by atoms with Crippen LogP contribution in [0.5, 0.6) is 11.5 Å². The van der Waals surface area contributed by atoms with Crippen LogP contribution in [0.2, 0.25) is 0 Å². The van der Waals surface area contributed by atoms with Gasteiger partial charge in [-0.05, 0) is 65.9 Å². The SMILES string of the molecule is O=C(Nc1cccc(-c2ccncc2)c1)C1(c2ccc3c(c2)OCO3)CC1.[HH]. The van der Waals surface area contributed by atoms with Crippen LogP contribution in [-0.2, 0) is 10.2 Å². The monoisotopic (exact) mass is 360 g/mol. The molecule has 136 valence electrons. The number of hydrogen-bond donors (Lipinski definition) is 1. The van der Waals surface area contributed by atoms with Crippen molar-refractivity contribution >= 4 is 11.6 Å². The highest BCUT2D eigenvalue weighted by molar-refractivity contribution is 6.01. The molecule has 5 heteroatoms. The quantitative estimate of drug-likeness (QED) is 0.749. The number of benzene rings is 2. The minimum atomic E-state index is -0.479. The standard InChI is InChI=1S/C22H18N2O3.H2/c25-21(22(8-9-22)17-4-5-19-20(13-17)27-14-26-19)24-18-3-1-2-16(12-18)15-6-10-23-11-7-15;/h1-7,10-13H,8-9,14H2,(H,24,25);1H. The number of carbonyl (C=O) groups excluding carboxylic acids is 1. The summed E-state index contributed by atoms with van der Waals surface area (Å²) in [6, 6.07) is 17.6. The summed E-state index contributed by atoms with van der Waals surface area (Å²) in [7, 11) is 0. The molecule has 3 aromatic rings. The number of hydrogen-bond acceptors (Lipinski definition) is 4. The van der Waals surface area contributed by atoms with Gasteiger partial charge in [0.1, 0.15) is 0 Å². The van der Waals surface area contributed by atoms with Crippen molar-refractivity contribution in [3.63, 3.8) is 0 Å². The Labute approximate surface area is 158 Å². The summed E-state index contributed by atoms with van der Waals surface area (Å²) < 4.78 is 10.8. The average Bonchev–Trinajstić information content (AvgIpc) is 3.40. The molecule has 5 rings (SSSR count). The molecular formula is C22H20N2O3. The maximum absolute atomic E-state index is 13.1. The minimum absolute atomic E-state index is 0. The fourth-order valence-electron chi connectivity index (χ4n) is 3.54. The number of nitrogens with zero attached hydrogens (tertiary/aromatic N) is 1. The van der Waals surface area contributed by atoms with Crippen LogP contribution in [0.15, 0.2) is 67.0 Å². The molecule has 1 amide bonds. The molecule has 1 aromatic heterocycles. The van der Waals surface area contributed by atoms with Gasteiger partial charge in [0, 0.05) is 19.5 Å². The Balaban J connectivity index is 0.00000192. The molecule has 0 atom stereocenters. The summed E-state index contributed by atoms with van der Waals surface area (Å²) in [6.45, 7) is 0.236. The van der Waals surface area contributed by atoms with Crippen molar-refractivity contribution < 1.29 is 15.7 Å². The van der Waals surface area contributed by atoms with Crippen LogP contribution in [0, 0.1) is 0 Å². The van der Waals surface area contributed by atoms with E-state index in [-0.39, 0.29) is 14.1 Å². The lowest BCUT2D eigenvalue weighted by molar-refractivity contribution is -0.118. The van der Waals surface area contributed by atoms with E-state index >= 15 is 0 Å². The molecule has 0 spiro atoms. The lowest BCUT2D eigenvalue weighted by Gasteiger charge is -2.17. The average molecular weight is 360 g/mol. The Morgan fingerprint density at radius 1 is 0.963 bits per heavy atom. The van der Waals surface area contributed by atoms with Crippen LogP contribution in [0.25, 0.3) is 11.1 Å². The van der Waals surface area contributed by atoms with Crippen LogP contribution in [0.1, 0.15) is 19.8 Å². The van der Waals surface area contributed by atoms with Crippen molar-refractivity contribution in [3.05, 3.63) is 72.6 Å². The van der Waals surface area contributed by atoms with Gasteiger partial charge in [-0.1, -0.05) is 18.2 Å². The van der Waals surface area contributed by atoms with E-state index < -0.39 is 5.41 Å². The van der Waals surface area contributed by atoms with Crippen molar-refractivity contribution in [1.82, 2.24) is 4.98 Å². The molecule has 1 aliphatic heterocycles. The number of nitrogens with one attached hydrogen (secondary N) is 1. The van der Waals surface area contributed by atoms with E-state index in [0.29, 0.717) is 5.75 Å². The molecule has 0 unspecified atom stereocenters. The number of ether oxygens (including phenoxy) is 2. The van der Waals surface area contributed by atoms with Gasteiger partial charge in [0.25, 0.3) is 0 Å². The molecule has 2 heterocycles. The Kier molecular flexibility index (Phi) is 3.60. The fraction of sp³-hybridized carbons (Fsp3) is 0.182. The maximum atomic E-state index is 13.1. The van der Waals surface area contributed by atoms with E-state index in [9.17, 15) is 4.79 Å². The van der Waals surface area contributed by atoms with Crippen LogP contribution in [0.3, 0.4) is 0 Å². The number of amides is 1. The van der Waals surface area contributed by atoms with Crippen molar-refractivity contribution in [1.29, 1.82) is 0 Å². The number of rotatable bonds is 4. The van der Waals surface area contributed by atoms with Crippen molar-refractivity contribution in [2.24, 2.45) is 0 Å². The van der Waals surface area contributed by atoms with Crippen LogP contribution in [0.4, 0.5) is 5.69 Å². The van der Waals surface area contributed by atoms with Crippen molar-refractivity contribution in [2.45, 2.75) is 18.3 Å². The first kappa shape index (κ1) is 15.9. The van der Waals surface area contributed by atoms with Gasteiger partial charge < -0.3 is 14.8 Å². The Morgan fingerprint density at radius 3 is 2.59 bits per heavy atom. The summed E-state index contributed by atoms with van der Waals surface area (Å²) in [5.41, 5.74) is 3.41. The normalized spacial score (nSPS) is 16.0. The van der Waals surface area contributed by atoms with Gasteiger partial charge in [0.05, 0.1) is 5.41 Å². The van der Waals surface area contributed by atoms with Crippen LogP contribution >= 0.6 is 0 Å². The van der Waals surface area contributed by atoms with E-state index in [4.69, 9.17) is 9.47 Å². The van der Waals surface area contributed by atoms with Gasteiger partial charge in [0.15, 0.2) is 11.5 Å². The number of aromatic nitrogens is 1.